The highest BCUT2D eigenvalue weighted by atomic mass is 16.3. The molecule has 1 fully saturated rings. The molecule has 0 aromatic carbocycles. The average molecular weight is 398 g/mol. The van der Waals surface area contributed by atoms with Gasteiger partial charge in [0, 0.05) is 38.6 Å². The predicted octanol–water partition coefficient (Wildman–Crippen LogP) is 2.09. The van der Waals surface area contributed by atoms with Crippen molar-refractivity contribution in [2.75, 3.05) is 26.2 Å². The molecule has 0 unspecified atom stereocenters. The highest BCUT2D eigenvalue weighted by Gasteiger charge is 2.26. The summed E-state index contributed by atoms with van der Waals surface area (Å²) in [5.74, 6) is 0.288. The summed E-state index contributed by atoms with van der Waals surface area (Å²) in [5.41, 5.74) is 2.90. The number of carbonyl (C=O) groups excluding carboxylic acids is 2. The maximum atomic E-state index is 12.7. The molecule has 0 atom stereocenters. The quantitative estimate of drug-likeness (QED) is 0.657. The van der Waals surface area contributed by atoms with Gasteiger partial charge in [-0.1, -0.05) is 0 Å². The molecular formula is C20H26N6O3. The van der Waals surface area contributed by atoms with E-state index in [9.17, 15) is 9.59 Å². The third-order valence-corrected chi connectivity index (χ3v) is 5.35. The van der Waals surface area contributed by atoms with E-state index in [1.165, 1.54) is 6.26 Å². The van der Waals surface area contributed by atoms with E-state index in [1.54, 1.807) is 17.0 Å². The van der Waals surface area contributed by atoms with Crippen LogP contribution in [0.25, 0.3) is 11.0 Å². The molecular weight excluding hydrogens is 372 g/mol. The summed E-state index contributed by atoms with van der Waals surface area (Å²) in [5, 5.41) is 9.05. The summed E-state index contributed by atoms with van der Waals surface area (Å²) in [7, 11) is 0. The molecule has 0 radical (unpaired) electrons. The monoisotopic (exact) mass is 398 g/mol. The molecule has 154 valence electrons. The predicted molar refractivity (Wildman–Crippen MR) is 106 cm³/mol. The lowest BCUT2D eigenvalue weighted by Crippen LogP contribution is -2.50. The minimum Gasteiger partial charge on any atom is -0.459 e. The Morgan fingerprint density at radius 1 is 1.17 bits per heavy atom. The first-order chi connectivity index (χ1) is 14.0. The van der Waals surface area contributed by atoms with Gasteiger partial charge in [-0.05, 0) is 32.9 Å². The Morgan fingerprint density at radius 3 is 2.55 bits per heavy atom. The van der Waals surface area contributed by atoms with E-state index in [0.717, 1.165) is 16.7 Å². The minimum atomic E-state index is -0.126. The average Bonchev–Trinajstić information content (AvgIpc) is 3.45. The van der Waals surface area contributed by atoms with Gasteiger partial charge in [-0.25, -0.2) is 0 Å². The number of nitrogens with zero attached hydrogens (tertiary/aromatic N) is 6. The van der Waals surface area contributed by atoms with E-state index < -0.39 is 0 Å². The van der Waals surface area contributed by atoms with Crippen LogP contribution in [0.15, 0.2) is 29.0 Å². The summed E-state index contributed by atoms with van der Waals surface area (Å²) in [4.78, 5) is 28.6. The topological polar surface area (TPSA) is 89.4 Å². The summed E-state index contributed by atoms with van der Waals surface area (Å²) in [6, 6.07) is 3.62. The van der Waals surface area contributed by atoms with Crippen LogP contribution >= 0.6 is 0 Å². The fourth-order valence-electron chi connectivity index (χ4n) is 3.82. The van der Waals surface area contributed by atoms with E-state index in [-0.39, 0.29) is 17.9 Å². The molecule has 3 aromatic rings. The second kappa shape index (κ2) is 7.73. The maximum absolute atomic E-state index is 12.7. The van der Waals surface area contributed by atoms with Gasteiger partial charge < -0.3 is 14.2 Å². The number of aromatic nitrogens is 4. The molecule has 0 aliphatic carbocycles. The number of aryl methyl sites for hydroxylation is 2. The van der Waals surface area contributed by atoms with Crippen molar-refractivity contribution in [2.45, 2.75) is 39.8 Å². The number of carbonyl (C=O) groups is 2. The Bertz CT molecular complexity index is 1010. The Morgan fingerprint density at radius 2 is 1.90 bits per heavy atom. The molecule has 4 heterocycles. The number of hydrogen-bond acceptors (Lipinski definition) is 5. The summed E-state index contributed by atoms with van der Waals surface area (Å²) >= 11 is 0. The molecule has 0 N–H and O–H groups in total. The second-order valence-corrected chi connectivity index (χ2v) is 7.63. The van der Waals surface area contributed by atoms with Crippen LogP contribution in [0.4, 0.5) is 0 Å². The number of fused-ring (bicyclic) bond motifs is 1. The van der Waals surface area contributed by atoms with Gasteiger partial charge in [0.15, 0.2) is 5.76 Å². The van der Waals surface area contributed by atoms with Gasteiger partial charge in [0.1, 0.15) is 11.0 Å². The van der Waals surface area contributed by atoms with E-state index in [4.69, 9.17) is 4.42 Å². The lowest BCUT2D eigenvalue weighted by atomic mass is 10.2. The van der Waals surface area contributed by atoms with Crippen molar-refractivity contribution in [3.05, 3.63) is 36.0 Å². The van der Waals surface area contributed by atoms with Crippen molar-refractivity contribution in [3.63, 3.8) is 0 Å². The smallest absolute Gasteiger partial charge is 0.289 e. The van der Waals surface area contributed by atoms with Crippen molar-refractivity contribution < 1.29 is 14.0 Å². The molecule has 1 saturated heterocycles. The van der Waals surface area contributed by atoms with Gasteiger partial charge in [0.25, 0.3) is 5.91 Å². The lowest BCUT2D eigenvalue weighted by Gasteiger charge is -2.34. The first kappa shape index (κ1) is 19.2. The van der Waals surface area contributed by atoms with Crippen LogP contribution in [0, 0.1) is 6.92 Å². The molecule has 3 aromatic heterocycles. The van der Waals surface area contributed by atoms with Crippen LogP contribution < -0.4 is 0 Å². The zero-order valence-corrected chi connectivity index (χ0v) is 17.0. The van der Waals surface area contributed by atoms with E-state index in [0.29, 0.717) is 44.9 Å². The second-order valence-electron chi connectivity index (χ2n) is 7.63. The van der Waals surface area contributed by atoms with Gasteiger partial charge >= 0.3 is 0 Å². The molecule has 0 spiro atoms. The standard InChI is InChI=1S/C20H26N6O3/c1-14(2)26-16-13-21-25(19(16)15(3)22-26)7-6-18(27)23-8-10-24(11-9-23)20(28)17-5-4-12-29-17/h4-5,12-14H,6-11H2,1-3H3. The molecule has 9 heteroatoms. The molecule has 29 heavy (non-hydrogen) atoms. The SMILES string of the molecule is Cc1nn(C(C)C)c2cnn(CCC(=O)N3CCN(C(=O)c4ccco4)CC3)c12. The Hall–Kier alpha value is -3.10. The normalized spacial score (nSPS) is 14.9. The fraction of sp³-hybridized carbons (Fsp3) is 0.500. The Labute approximate surface area is 168 Å². The molecule has 9 nitrogen and oxygen atoms in total. The number of amides is 2. The number of furan rings is 1. The summed E-state index contributed by atoms with van der Waals surface area (Å²) < 4.78 is 9.01. The van der Waals surface area contributed by atoms with Gasteiger partial charge in [-0.15, -0.1) is 0 Å². The molecule has 0 saturated carbocycles. The summed E-state index contributed by atoms with van der Waals surface area (Å²) in [6.45, 7) is 8.74. The van der Waals surface area contributed by atoms with Gasteiger partial charge in [0.2, 0.25) is 5.91 Å². The molecule has 0 bridgehead atoms. The zero-order chi connectivity index (χ0) is 20.5. The zero-order valence-electron chi connectivity index (χ0n) is 17.0. The van der Waals surface area contributed by atoms with Crippen LogP contribution in [0.3, 0.4) is 0 Å². The third-order valence-electron chi connectivity index (χ3n) is 5.35. The van der Waals surface area contributed by atoms with E-state index in [2.05, 4.69) is 24.0 Å². The number of rotatable bonds is 5. The summed E-state index contributed by atoms with van der Waals surface area (Å²) in [6.07, 6.45) is 3.68. The van der Waals surface area contributed by atoms with Crippen LogP contribution in [0.5, 0.6) is 0 Å². The van der Waals surface area contributed by atoms with Crippen molar-refractivity contribution in [1.29, 1.82) is 0 Å². The van der Waals surface area contributed by atoms with Crippen molar-refractivity contribution >= 4 is 22.8 Å². The highest BCUT2D eigenvalue weighted by molar-refractivity contribution is 5.91. The Balaban J connectivity index is 1.34. The minimum absolute atomic E-state index is 0.0765. The first-order valence-electron chi connectivity index (χ1n) is 9.97. The Kier molecular flexibility index (Phi) is 5.12. The fourth-order valence-corrected chi connectivity index (χ4v) is 3.82. The lowest BCUT2D eigenvalue weighted by molar-refractivity contribution is -0.132. The van der Waals surface area contributed by atoms with Crippen LogP contribution in [0.2, 0.25) is 0 Å². The number of hydrogen-bond donors (Lipinski definition) is 0. The molecule has 1 aliphatic heterocycles. The molecule has 1 aliphatic rings. The van der Waals surface area contributed by atoms with E-state index >= 15 is 0 Å². The maximum Gasteiger partial charge on any atom is 0.289 e. The highest BCUT2D eigenvalue weighted by Crippen LogP contribution is 2.21. The first-order valence-corrected chi connectivity index (χ1v) is 9.97. The van der Waals surface area contributed by atoms with Gasteiger partial charge in [0.05, 0.1) is 24.7 Å². The van der Waals surface area contributed by atoms with Gasteiger partial charge in [-0.3, -0.25) is 19.0 Å². The third kappa shape index (κ3) is 3.64. The largest absolute Gasteiger partial charge is 0.459 e. The number of piperazine rings is 1. The van der Waals surface area contributed by atoms with Crippen LogP contribution in [-0.4, -0.2) is 67.4 Å². The van der Waals surface area contributed by atoms with Crippen LogP contribution in [-0.2, 0) is 11.3 Å². The molecule has 4 rings (SSSR count). The molecule has 2 amide bonds. The van der Waals surface area contributed by atoms with Crippen molar-refractivity contribution in [2.24, 2.45) is 0 Å². The van der Waals surface area contributed by atoms with Gasteiger partial charge in [-0.2, -0.15) is 10.2 Å². The van der Waals surface area contributed by atoms with Crippen molar-refractivity contribution in [3.8, 4) is 0 Å². The van der Waals surface area contributed by atoms with Crippen molar-refractivity contribution in [1.82, 2.24) is 29.4 Å². The van der Waals surface area contributed by atoms with Crippen LogP contribution in [0.1, 0.15) is 42.6 Å². The van der Waals surface area contributed by atoms with E-state index in [1.807, 2.05) is 27.4 Å².